The lowest BCUT2D eigenvalue weighted by atomic mass is 10.0. The molecule has 174 valence electrons. The topological polar surface area (TPSA) is 92.2 Å². The number of alkyl halides is 3. The maximum Gasteiger partial charge on any atom is 0.490 e. The second kappa shape index (κ2) is 10.2. The van der Waals surface area contributed by atoms with E-state index in [-0.39, 0.29) is 12.0 Å². The molecule has 3 aliphatic heterocycles. The Balaban J connectivity index is 0.000000339. The summed E-state index contributed by atoms with van der Waals surface area (Å²) in [7, 11) is 0. The van der Waals surface area contributed by atoms with Crippen molar-refractivity contribution in [1.82, 2.24) is 14.8 Å². The summed E-state index contributed by atoms with van der Waals surface area (Å²) in [5.41, 5.74) is 3.07. The van der Waals surface area contributed by atoms with E-state index >= 15 is 0 Å². The van der Waals surface area contributed by atoms with Crippen molar-refractivity contribution in [2.45, 2.75) is 44.7 Å². The number of aromatic nitrogens is 1. The lowest BCUT2D eigenvalue weighted by Gasteiger charge is -2.28. The molecule has 8 nitrogen and oxygen atoms in total. The zero-order valence-corrected chi connectivity index (χ0v) is 18.0. The summed E-state index contributed by atoms with van der Waals surface area (Å²) >= 11 is 1.74. The molecule has 31 heavy (non-hydrogen) atoms. The van der Waals surface area contributed by atoms with Gasteiger partial charge < -0.3 is 19.5 Å². The van der Waals surface area contributed by atoms with Gasteiger partial charge in [0.15, 0.2) is 0 Å². The van der Waals surface area contributed by atoms with Crippen LogP contribution in [0.15, 0.2) is 5.51 Å². The highest BCUT2D eigenvalue weighted by molar-refractivity contribution is 7.09. The second-order valence-corrected chi connectivity index (χ2v) is 8.79. The molecule has 1 aromatic rings. The molecule has 4 heterocycles. The van der Waals surface area contributed by atoms with Crippen LogP contribution in [0.25, 0.3) is 0 Å². The first-order chi connectivity index (χ1) is 14.6. The van der Waals surface area contributed by atoms with Gasteiger partial charge in [-0.15, -0.1) is 11.3 Å². The number of hydrogen-bond donors (Lipinski definition) is 1. The SMILES string of the molecule is Cc1ncsc1CN1C[C@@H]2C[C@@H](CC(=O)N3CCOCC3)O[C@@H]2C1.O=C(O)C(F)(F)F. The first kappa shape index (κ1) is 23.9. The van der Waals surface area contributed by atoms with Gasteiger partial charge in [0.25, 0.3) is 0 Å². The fraction of sp³-hybridized carbons (Fsp3) is 0.737. The number of ether oxygens (including phenoxy) is 2. The van der Waals surface area contributed by atoms with Gasteiger partial charge in [0.05, 0.1) is 43.0 Å². The smallest absolute Gasteiger partial charge is 0.475 e. The van der Waals surface area contributed by atoms with E-state index in [2.05, 4.69) is 16.8 Å². The van der Waals surface area contributed by atoms with Crippen molar-refractivity contribution < 1.29 is 37.3 Å². The number of likely N-dealkylation sites (tertiary alicyclic amines) is 1. The summed E-state index contributed by atoms with van der Waals surface area (Å²) in [5.74, 6) is -1.96. The Morgan fingerprint density at radius 1 is 1.29 bits per heavy atom. The number of amides is 1. The number of thiazole rings is 1. The van der Waals surface area contributed by atoms with Crippen LogP contribution in [0.2, 0.25) is 0 Å². The first-order valence-electron chi connectivity index (χ1n) is 10.1. The number of nitrogens with zero attached hydrogens (tertiary/aromatic N) is 3. The highest BCUT2D eigenvalue weighted by Crippen LogP contribution is 2.35. The summed E-state index contributed by atoms with van der Waals surface area (Å²) < 4.78 is 43.2. The third kappa shape index (κ3) is 6.61. The fourth-order valence-corrected chi connectivity index (χ4v) is 4.84. The quantitative estimate of drug-likeness (QED) is 0.726. The van der Waals surface area contributed by atoms with Crippen LogP contribution in [0, 0.1) is 12.8 Å². The van der Waals surface area contributed by atoms with E-state index in [9.17, 15) is 18.0 Å². The Hall–Kier alpha value is -1.76. The highest BCUT2D eigenvalue weighted by Gasteiger charge is 2.43. The van der Waals surface area contributed by atoms with E-state index in [0.29, 0.717) is 31.7 Å². The van der Waals surface area contributed by atoms with E-state index in [1.807, 2.05) is 10.4 Å². The van der Waals surface area contributed by atoms with E-state index in [1.54, 1.807) is 11.3 Å². The van der Waals surface area contributed by atoms with Crippen LogP contribution >= 0.6 is 11.3 Å². The molecule has 1 N–H and O–H groups in total. The predicted octanol–water partition coefficient (Wildman–Crippen LogP) is 1.92. The van der Waals surface area contributed by atoms with Crippen molar-refractivity contribution in [1.29, 1.82) is 0 Å². The zero-order valence-electron chi connectivity index (χ0n) is 17.1. The minimum Gasteiger partial charge on any atom is -0.475 e. The number of hydrogen-bond acceptors (Lipinski definition) is 7. The van der Waals surface area contributed by atoms with E-state index in [1.165, 1.54) is 4.88 Å². The molecule has 0 saturated carbocycles. The molecule has 0 aromatic carbocycles. The van der Waals surface area contributed by atoms with Crippen LogP contribution in [0.5, 0.6) is 0 Å². The fourth-order valence-electron chi connectivity index (χ4n) is 4.03. The molecule has 3 aliphatic rings. The summed E-state index contributed by atoms with van der Waals surface area (Å²) in [4.78, 5) is 31.3. The Labute approximate surface area is 181 Å². The molecular weight excluding hydrogens is 439 g/mol. The van der Waals surface area contributed by atoms with Gasteiger partial charge in [-0.25, -0.2) is 9.78 Å². The number of aliphatic carboxylic acids is 1. The number of morpholine rings is 1. The summed E-state index contributed by atoms with van der Waals surface area (Å²) in [6.45, 7) is 7.87. The van der Waals surface area contributed by atoms with Crippen molar-refractivity contribution in [2.75, 3.05) is 39.4 Å². The monoisotopic (exact) mass is 465 g/mol. The number of halogens is 3. The number of carboxylic acid groups (broad SMARTS) is 1. The van der Waals surface area contributed by atoms with Crippen molar-refractivity contribution >= 4 is 23.2 Å². The van der Waals surface area contributed by atoms with Crippen LogP contribution in [-0.2, 0) is 25.6 Å². The highest BCUT2D eigenvalue weighted by atomic mass is 32.1. The standard InChI is InChI=1S/C17H25N3O3S.C2HF3O2/c1-12-16(24-11-18-12)10-19-8-13-6-14(23-15(13)9-19)7-17(21)20-2-4-22-5-3-20;3-2(4,5)1(6)7/h11,13-15H,2-10H2,1H3;(H,6,7)/t13-,14-,15+;/m0./s1. The third-order valence-corrected chi connectivity index (χ3v) is 6.53. The number of carbonyl (C=O) groups excluding carboxylic acids is 1. The second-order valence-electron chi connectivity index (χ2n) is 7.85. The van der Waals surface area contributed by atoms with Gasteiger partial charge in [-0.3, -0.25) is 9.69 Å². The van der Waals surface area contributed by atoms with Gasteiger partial charge in [0.2, 0.25) is 5.91 Å². The third-order valence-electron chi connectivity index (χ3n) is 5.61. The summed E-state index contributed by atoms with van der Waals surface area (Å²) in [5, 5.41) is 7.12. The summed E-state index contributed by atoms with van der Waals surface area (Å²) in [6, 6.07) is 0. The first-order valence-corrected chi connectivity index (χ1v) is 10.9. The van der Waals surface area contributed by atoms with Crippen LogP contribution < -0.4 is 0 Å². The number of aryl methyl sites for hydroxylation is 1. The van der Waals surface area contributed by atoms with Gasteiger partial charge in [0, 0.05) is 43.5 Å². The largest absolute Gasteiger partial charge is 0.490 e. The van der Waals surface area contributed by atoms with Crippen LogP contribution in [0.4, 0.5) is 13.2 Å². The van der Waals surface area contributed by atoms with Gasteiger partial charge in [-0.2, -0.15) is 13.2 Å². The Morgan fingerprint density at radius 2 is 1.97 bits per heavy atom. The molecule has 1 amide bonds. The van der Waals surface area contributed by atoms with Gasteiger partial charge in [-0.05, 0) is 13.3 Å². The minimum atomic E-state index is -5.08. The van der Waals surface area contributed by atoms with Gasteiger partial charge >= 0.3 is 12.1 Å². The number of carbonyl (C=O) groups is 2. The van der Waals surface area contributed by atoms with Gasteiger partial charge in [-0.1, -0.05) is 0 Å². The molecule has 1 aromatic heterocycles. The van der Waals surface area contributed by atoms with Crippen molar-refractivity contribution in [3.8, 4) is 0 Å². The molecular formula is C19H26F3N3O5S. The van der Waals surface area contributed by atoms with Crippen LogP contribution in [0.1, 0.15) is 23.4 Å². The van der Waals surface area contributed by atoms with E-state index < -0.39 is 12.1 Å². The normalized spacial score (nSPS) is 26.3. The van der Waals surface area contributed by atoms with E-state index in [0.717, 1.165) is 44.8 Å². The molecule has 12 heteroatoms. The van der Waals surface area contributed by atoms with Crippen LogP contribution in [-0.4, -0.2) is 89.5 Å². The number of rotatable bonds is 4. The Kier molecular flexibility index (Phi) is 7.89. The number of fused-ring (bicyclic) bond motifs is 1. The molecule has 0 unspecified atom stereocenters. The minimum absolute atomic E-state index is 0.0997. The molecule has 0 spiro atoms. The maximum atomic E-state index is 12.4. The molecule has 3 saturated heterocycles. The summed E-state index contributed by atoms with van der Waals surface area (Å²) in [6.07, 6.45) is -3.15. The Morgan fingerprint density at radius 3 is 2.52 bits per heavy atom. The zero-order chi connectivity index (χ0) is 22.6. The van der Waals surface area contributed by atoms with Crippen molar-refractivity contribution in [2.24, 2.45) is 5.92 Å². The van der Waals surface area contributed by atoms with E-state index in [4.69, 9.17) is 19.4 Å². The lowest BCUT2D eigenvalue weighted by molar-refractivity contribution is -0.192. The number of carboxylic acids is 1. The van der Waals surface area contributed by atoms with Crippen molar-refractivity contribution in [3.05, 3.63) is 16.1 Å². The molecule has 3 atom stereocenters. The van der Waals surface area contributed by atoms with Crippen molar-refractivity contribution in [3.63, 3.8) is 0 Å². The average molecular weight is 465 g/mol. The predicted molar refractivity (Wildman–Crippen MR) is 105 cm³/mol. The molecule has 0 aliphatic carbocycles. The lowest BCUT2D eigenvalue weighted by Crippen LogP contribution is -2.42. The molecule has 0 bridgehead atoms. The van der Waals surface area contributed by atoms with Gasteiger partial charge in [0.1, 0.15) is 0 Å². The average Bonchev–Trinajstić information content (AvgIpc) is 3.38. The molecule has 3 fully saturated rings. The molecule has 0 radical (unpaired) electrons. The molecule has 4 rings (SSSR count). The van der Waals surface area contributed by atoms with Crippen LogP contribution in [0.3, 0.4) is 0 Å². The Bertz CT molecular complexity index is 755. The maximum absolute atomic E-state index is 12.4.